The van der Waals surface area contributed by atoms with Crippen molar-refractivity contribution < 1.29 is 36.7 Å². The van der Waals surface area contributed by atoms with E-state index in [4.69, 9.17) is 14.9 Å². The first-order valence-electron chi connectivity index (χ1n) is 8.36. The number of carbonyl (C=O) groups excluding carboxylic acids is 1. The van der Waals surface area contributed by atoms with Gasteiger partial charge in [-0.15, -0.1) is 0 Å². The van der Waals surface area contributed by atoms with Crippen LogP contribution in [0.5, 0.6) is 0 Å². The summed E-state index contributed by atoms with van der Waals surface area (Å²) in [5.74, 6) is -3.38. The fourth-order valence-electron chi connectivity index (χ4n) is 2.84. The van der Waals surface area contributed by atoms with E-state index < -0.39 is 33.5 Å². The number of ether oxygens (including phenoxy) is 1. The molecule has 9 nitrogen and oxygen atoms in total. The molecule has 3 aromatic rings. The number of hydrogen-bond donors (Lipinski definition) is 3. The molecule has 1 heterocycles. The Morgan fingerprint density at radius 1 is 1.19 bits per heavy atom. The van der Waals surface area contributed by atoms with Crippen molar-refractivity contribution in [3.8, 4) is 11.1 Å². The summed E-state index contributed by atoms with van der Waals surface area (Å²) in [6.07, 6.45) is 1.14. The van der Waals surface area contributed by atoms with Gasteiger partial charge in [0.15, 0.2) is 0 Å². The second-order valence-electron chi connectivity index (χ2n) is 6.09. The molecule has 0 aliphatic heterocycles. The molecule has 1 aromatic heterocycles. The van der Waals surface area contributed by atoms with Gasteiger partial charge < -0.3 is 20.0 Å². The quantitative estimate of drug-likeness (QED) is 0.334. The van der Waals surface area contributed by atoms with E-state index in [1.54, 1.807) is 0 Å². The highest BCUT2D eigenvalue weighted by atomic mass is 79.9. The molecule has 0 atom stereocenters. The van der Waals surface area contributed by atoms with E-state index in [9.17, 15) is 27.5 Å². The molecule has 2 aromatic carbocycles. The van der Waals surface area contributed by atoms with E-state index in [1.165, 1.54) is 18.2 Å². The van der Waals surface area contributed by atoms with Crippen LogP contribution in [0.4, 0.5) is 15.8 Å². The van der Waals surface area contributed by atoms with Gasteiger partial charge >= 0.3 is 11.9 Å². The van der Waals surface area contributed by atoms with Gasteiger partial charge in [-0.1, -0.05) is 6.07 Å². The van der Waals surface area contributed by atoms with Crippen LogP contribution in [-0.2, 0) is 14.8 Å². The van der Waals surface area contributed by atoms with Crippen molar-refractivity contribution in [2.24, 2.45) is 0 Å². The fraction of sp³-hybridized carbons (Fsp3) is 0.0526. The summed E-state index contributed by atoms with van der Waals surface area (Å²) >= 11 is 2.99. The Balaban J connectivity index is 2.15. The molecular formula is C19H14BrFN2O7S. The van der Waals surface area contributed by atoms with Crippen LogP contribution in [0, 0.1) is 5.82 Å². The number of nitrogens with one attached hydrogen (secondary N) is 1. The van der Waals surface area contributed by atoms with Crippen LogP contribution in [0.1, 0.15) is 20.9 Å². The Labute approximate surface area is 183 Å². The van der Waals surface area contributed by atoms with Crippen molar-refractivity contribution in [1.82, 2.24) is 0 Å². The Bertz CT molecular complexity index is 1300. The van der Waals surface area contributed by atoms with E-state index in [2.05, 4.69) is 20.7 Å². The lowest BCUT2D eigenvalue weighted by atomic mass is 9.99. The lowest BCUT2D eigenvalue weighted by molar-refractivity contribution is 0.0602. The summed E-state index contributed by atoms with van der Waals surface area (Å²) in [6.45, 7) is 0. The second kappa shape index (κ2) is 8.40. The van der Waals surface area contributed by atoms with Crippen molar-refractivity contribution >= 4 is 49.3 Å². The molecular weight excluding hydrogens is 499 g/mol. The zero-order valence-electron chi connectivity index (χ0n) is 15.7. The van der Waals surface area contributed by atoms with E-state index in [0.717, 1.165) is 31.6 Å². The second-order valence-corrected chi connectivity index (χ2v) is 8.59. The number of benzene rings is 2. The van der Waals surface area contributed by atoms with E-state index in [0.29, 0.717) is 0 Å². The topological polar surface area (TPSA) is 149 Å². The SMILES string of the molecule is COC(=O)c1c(NS(=O)(=O)c2ccc(F)cc2Br)ccc(-c2ccoc2C(=O)O)c1N. The first-order valence-corrected chi connectivity index (χ1v) is 10.6. The summed E-state index contributed by atoms with van der Waals surface area (Å²) in [7, 11) is -3.20. The molecule has 0 aliphatic carbocycles. The predicted molar refractivity (Wildman–Crippen MR) is 112 cm³/mol. The summed E-state index contributed by atoms with van der Waals surface area (Å²) < 4.78 is 50.8. The maximum absolute atomic E-state index is 13.3. The van der Waals surface area contributed by atoms with Gasteiger partial charge in [-0.05, 0) is 46.3 Å². The van der Waals surface area contributed by atoms with Gasteiger partial charge in [0.1, 0.15) is 16.3 Å². The average molecular weight is 513 g/mol. The minimum absolute atomic E-state index is 0.0336. The van der Waals surface area contributed by atoms with Crippen LogP contribution in [0.2, 0.25) is 0 Å². The van der Waals surface area contributed by atoms with E-state index in [-0.39, 0.29) is 37.4 Å². The summed E-state index contributed by atoms with van der Waals surface area (Å²) in [4.78, 5) is 23.5. The third kappa shape index (κ3) is 4.25. The monoisotopic (exact) mass is 512 g/mol. The van der Waals surface area contributed by atoms with Gasteiger partial charge in [-0.3, -0.25) is 4.72 Å². The Kier molecular flexibility index (Phi) is 6.04. The van der Waals surface area contributed by atoms with Gasteiger partial charge in [0.2, 0.25) is 5.76 Å². The number of esters is 1. The van der Waals surface area contributed by atoms with Crippen LogP contribution in [0.25, 0.3) is 11.1 Å². The number of carboxylic acids is 1. The highest BCUT2D eigenvalue weighted by Gasteiger charge is 2.27. The highest BCUT2D eigenvalue weighted by Crippen LogP contribution is 2.37. The smallest absolute Gasteiger partial charge is 0.372 e. The van der Waals surface area contributed by atoms with Crippen molar-refractivity contribution in [2.75, 3.05) is 17.6 Å². The van der Waals surface area contributed by atoms with E-state index >= 15 is 0 Å². The van der Waals surface area contributed by atoms with Crippen molar-refractivity contribution in [3.05, 3.63) is 64.3 Å². The molecule has 0 spiro atoms. The number of halogens is 2. The molecule has 0 fully saturated rings. The van der Waals surface area contributed by atoms with Gasteiger partial charge in [0.25, 0.3) is 10.0 Å². The molecule has 0 amide bonds. The first kappa shape index (κ1) is 22.3. The lowest BCUT2D eigenvalue weighted by Gasteiger charge is -2.16. The number of hydrogen-bond acceptors (Lipinski definition) is 7. The first-order chi connectivity index (χ1) is 14.6. The minimum atomic E-state index is -4.27. The van der Waals surface area contributed by atoms with Crippen LogP contribution < -0.4 is 10.5 Å². The number of sulfonamides is 1. The molecule has 12 heteroatoms. The Morgan fingerprint density at radius 2 is 1.90 bits per heavy atom. The minimum Gasteiger partial charge on any atom is -0.475 e. The number of nitrogens with two attached hydrogens (primary N) is 1. The molecule has 0 saturated heterocycles. The summed E-state index contributed by atoms with van der Waals surface area (Å²) in [6, 6.07) is 6.88. The maximum atomic E-state index is 13.3. The molecule has 0 aliphatic rings. The number of furan rings is 1. The number of anilines is 2. The zero-order chi connectivity index (χ0) is 22.9. The van der Waals surface area contributed by atoms with Crippen LogP contribution in [-0.4, -0.2) is 32.6 Å². The van der Waals surface area contributed by atoms with Gasteiger partial charge in [-0.25, -0.2) is 22.4 Å². The lowest BCUT2D eigenvalue weighted by Crippen LogP contribution is -2.18. The molecule has 3 rings (SSSR count). The molecule has 31 heavy (non-hydrogen) atoms. The molecule has 4 N–H and O–H groups in total. The fourth-order valence-corrected chi connectivity index (χ4v) is 4.96. The summed E-state index contributed by atoms with van der Waals surface area (Å²) in [5, 5.41) is 9.26. The normalized spacial score (nSPS) is 11.2. The predicted octanol–water partition coefficient (Wildman–Crippen LogP) is 3.72. The Morgan fingerprint density at radius 3 is 2.52 bits per heavy atom. The molecule has 0 unspecified atom stereocenters. The number of rotatable bonds is 6. The van der Waals surface area contributed by atoms with Gasteiger partial charge in [0.05, 0.1) is 24.7 Å². The standard InChI is InChI=1S/C19H14BrFN2O7S/c1-29-19(26)15-13(23-31(27,28)14-5-2-9(21)8-12(14)20)4-3-10(16(15)22)11-6-7-30-17(11)18(24)25/h2-8,23H,22H2,1H3,(H,24,25). The Hall–Kier alpha value is -3.38. The number of aromatic carboxylic acids is 1. The number of nitrogen functional groups attached to an aromatic ring is 1. The molecule has 0 bridgehead atoms. The number of carbonyl (C=O) groups is 2. The molecule has 0 saturated carbocycles. The maximum Gasteiger partial charge on any atom is 0.372 e. The number of methoxy groups -OCH3 is 1. The third-order valence-electron chi connectivity index (χ3n) is 4.21. The average Bonchev–Trinajstić information content (AvgIpc) is 3.17. The largest absolute Gasteiger partial charge is 0.475 e. The molecule has 0 radical (unpaired) electrons. The highest BCUT2D eigenvalue weighted by molar-refractivity contribution is 9.10. The van der Waals surface area contributed by atoms with E-state index in [1.807, 2.05) is 0 Å². The van der Waals surface area contributed by atoms with Crippen molar-refractivity contribution in [3.63, 3.8) is 0 Å². The molecule has 162 valence electrons. The zero-order valence-corrected chi connectivity index (χ0v) is 18.1. The number of carboxylic acid groups (broad SMARTS) is 1. The summed E-state index contributed by atoms with van der Waals surface area (Å²) in [5.41, 5.74) is 5.53. The van der Waals surface area contributed by atoms with Crippen molar-refractivity contribution in [1.29, 1.82) is 0 Å². The van der Waals surface area contributed by atoms with Gasteiger partial charge in [0, 0.05) is 15.6 Å². The van der Waals surface area contributed by atoms with Gasteiger partial charge in [-0.2, -0.15) is 0 Å². The third-order valence-corrected chi connectivity index (χ3v) is 6.55. The van der Waals surface area contributed by atoms with Crippen molar-refractivity contribution in [2.45, 2.75) is 4.90 Å². The van der Waals surface area contributed by atoms with Crippen LogP contribution in [0.3, 0.4) is 0 Å². The van der Waals surface area contributed by atoms with Crippen LogP contribution >= 0.6 is 15.9 Å². The van der Waals surface area contributed by atoms with Crippen LogP contribution in [0.15, 0.2) is 56.4 Å².